The number of aryl methyl sites for hydroxylation is 1. The van der Waals surface area contributed by atoms with E-state index in [1.54, 1.807) is 11.3 Å². The van der Waals surface area contributed by atoms with Crippen LogP contribution in [0, 0.1) is 6.92 Å². The van der Waals surface area contributed by atoms with Crippen molar-refractivity contribution < 1.29 is 9.90 Å². The van der Waals surface area contributed by atoms with Crippen molar-refractivity contribution in [2.45, 2.75) is 32.4 Å². The highest BCUT2D eigenvalue weighted by molar-refractivity contribution is 7.10. The van der Waals surface area contributed by atoms with E-state index >= 15 is 0 Å². The monoisotopic (exact) mass is 318 g/mol. The van der Waals surface area contributed by atoms with Gasteiger partial charge in [0.25, 0.3) is 0 Å². The summed E-state index contributed by atoms with van der Waals surface area (Å²) >= 11 is 1.65. The van der Waals surface area contributed by atoms with Crippen molar-refractivity contribution in [1.29, 1.82) is 0 Å². The molecule has 0 bridgehead atoms. The molecule has 1 heterocycles. The Morgan fingerprint density at radius 3 is 2.68 bits per heavy atom. The van der Waals surface area contributed by atoms with Gasteiger partial charge in [-0.25, -0.2) is 4.79 Å². The molecule has 2 aromatic rings. The van der Waals surface area contributed by atoms with Gasteiger partial charge in [0.05, 0.1) is 12.6 Å². The van der Waals surface area contributed by atoms with E-state index in [1.165, 1.54) is 10.4 Å². The lowest BCUT2D eigenvalue weighted by atomic mass is 10.0. The van der Waals surface area contributed by atoms with Gasteiger partial charge in [0.1, 0.15) is 0 Å². The predicted octanol–water partition coefficient (Wildman–Crippen LogP) is 3.37. The van der Waals surface area contributed by atoms with Crippen LogP contribution >= 0.6 is 11.3 Å². The average molecular weight is 318 g/mol. The standard InChI is InChI=1S/C17H22N2O2S/c1-13-9-11-22-16(13)12-18-17(21)19-15(8-5-10-20)14-6-3-2-4-7-14/h2-4,6-7,9,11,15,20H,5,8,10,12H2,1H3,(H2,18,19,21). The van der Waals surface area contributed by atoms with Crippen LogP contribution in [0.25, 0.3) is 0 Å². The van der Waals surface area contributed by atoms with Crippen LogP contribution in [-0.2, 0) is 6.54 Å². The van der Waals surface area contributed by atoms with E-state index in [-0.39, 0.29) is 18.7 Å². The lowest BCUT2D eigenvalue weighted by molar-refractivity contribution is 0.233. The van der Waals surface area contributed by atoms with Crippen molar-refractivity contribution in [3.63, 3.8) is 0 Å². The minimum absolute atomic E-state index is 0.0854. The van der Waals surface area contributed by atoms with Crippen LogP contribution in [0.2, 0.25) is 0 Å². The number of hydrogen-bond donors (Lipinski definition) is 3. The molecule has 118 valence electrons. The number of nitrogens with one attached hydrogen (secondary N) is 2. The Morgan fingerprint density at radius 2 is 2.05 bits per heavy atom. The van der Waals surface area contributed by atoms with Crippen LogP contribution < -0.4 is 10.6 Å². The fraction of sp³-hybridized carbons (Fsp3) is 0.353. The summed E-state index contributed by atoms with van der Waals surface area (Å²) in [6, 6.07) is 11.6. The van der Waals surface area contributed by atoms with Gasteiger partial charge in [-0.15, -0.1) is 11.3 Å². The molecule has 22 heavy (non-hydrogen) atoms. The third-order valence-electron chi connectivity index (χ3n) is 3.54. The first kappa shape index (κ1) is 16.5. The molecule has 0 saturated carbocycles. The maximum Gasteiger partial charge on any atom is 0.315 e. The summed E-state index contributed by atoms with van der Waals surface area (Å²) in [5.74, 6) is 0. The molecule has 3 N–H and O–H groups in total. The Hall–Kier alpha value is -1.85. The Labute approximate surface area is 135 Å². The van der Waals surface area contributed by atoms with E-state index < -0.39 is 0 Å². The highest BCUT2D eigenvalue weighted by Crippen LogP contribution is 2.18. The number of urea groups is 1. The van der Waals surface area contributed by atoms with E-state index in [0.29, 0.717) is 19.4 Å². The van der Waals surface area contributed by atoms with Gasteiger partial charge in [0, 0.05) is 11.5 Å². The largest absolute Gasteiger partial charge is 0.396 e. The maximum atomic E-state index is 12.1. The van der Waals surface area contributed by atoms with E-state index in [2.05, 4.69) is 10.6 Å². The minimum Gasteiger partial charge on any atom is -0.396 e. The molecule has 0 aliphatic carbocycles. The second-order valence-electron chi connectivity index (χ2n) is 5.18. The van der Waals surface area contributed by atoms with Gasteiger partial charge in [0.15, 0.2) is 0 Å². The number of hydrogen-bond acceptors (Lipinski definition) is 3. The number of carbonyl (C=O) groups is 1. The molecule has 0 aliphatic heterocycles. The molecule has 0 aliphatic rings. The lowest BCUT2D eigenvalue weighted by Gasteiger charge is -2.19. The van der Waals surface area contributed by atoms with Crippen molar-refractivity contribution in [1.82, 2.24) is 10.6 Å². The second kappa shape index (κ2) is 8.56. The highest BCUT2D eigenvalue weighted by atomic mass is 32.1. The molecule has 0 fully saturated rings. The van der Waals surface area contributed by atoms with Gasteiger partial charge in [-0.2, -0.15) is 0 Å². The first-order valence-corrected chi connectivity index (χ1v) is 8.32. The molecule has 0 radical (unpaired) electrons. The summed E-state index contributed by atoms with van der Waals surface area (Å²) in [5, 5.41) is 16.9. The second-order valence-corrected chi connectivity index (χ2v) is 6.18. The summed E-state index contributed by atoms with van der Waals surface area (Å²) in [4.78, 5) is 13.3. The zero-order valence-electron chi connectivity index (χ0n) is 12.7. The maximum absolute atomic E-state index is 12.1. The number of rotatable bonds is 7. The molecule has 1 aromatic carbocycles. The van der Waals surface area contributed by atoms with E-state index in [1.807, 2.05) is 48.7 Å². The minimum atomic E-state index is -0.181. The summed E-state index contributed by atoms with van der Waals surface area (Å²) in [6.45, 7) is 2.71. The molecular formula is C17H22N2O2S. The molecule has 1 unspecified atom stereocenters. The molecule has 5 heteroatoms. The molecule has 1 aromatic heterocycles. The van der Waals surface area contributed by atoms with Gasteiger partial charge in [0.2, 0.25) is 0 Å². The van der Waals surface area contributed by atoms with Crippen molar-refractivity contribution >= 4 is 17.4 Å². The fourth-order valence-corrected chi connectivity index (χ4v) is 3.10. The highest BCUT2D eigenvalue weighted by Gasteiger charge is 2.14. The number of aliphatic hydroxyl groups excluding tert-OH is 1. The summed E-state index contributed by atoms with van der Waals surface area (Å²) in [6.07, 6.45) is 1.37. The lowest BCUT2D eigenvalue weighted by Crippen LogP contribution is -2.37. The van der Waals surface area contributed by atoms with E-state index in [9.17, 15) is 4.79 Å². The van der Waals surface area contributed by atoms with Gasteiger partial charge in [-0.3, -0.25) is 0 Å². The third kappa shape index (κ3) is 4.86. The number of carbonyl (C=O) groups excluding carboxylic acids is 1. The zero-order chi connectivity index (χ0) is 15.8. The van der Waals surface area contributed by atoms with E-state index in [4.69, 9.17) is 5.11 Å². The molecule has 1 atom stereocenters. The normalized spacial score (nSPS) is 11.9. The topological polar surface area (TPSA) is 61.4 Å². The molecule has 2 rings (SSSR count). The number of aliphatic hydroxyl groups is 1. The number of thiophene rings is 1. The van der Waals surface area contributed by atoms with Gasteiger partial charge in [-0.1, -0.05) is 30.3 Å². The smallest absolute Gasteiger partial charge is 0.315 e. The van der Waals surface area contributed by atoms with Crippen LogP contribution in [0.5, 0.6) is 0 Å². The SMILES string of the molecule is Cc1ccsc1CNC(=O)NC(CCCO)c1ccccc1. The summed E-state index contributed by atoms with van der Waals surface area (Å²) < 4.78 is 0. The number of amides is 2. The summed E-state index contributed by atoms with van der Waals surface area (Å²) in [7, 11) is 0. The van der Waals surface area contributed by atoms with Gasteiger partial charge < -0.3 is 15.7 Å². The number of benzene rings is 1. The molecule has 4 nitrogen and oxygen atoms in total. The molecule has 0 spiro atoms. The fourth-order valence-electron chi connectivity index (χ4n) is 2.26. The Morgan fingerprint density at radius 1 is 1.27 bits per heavy atom. The first-order valence-electron chi connectivity index (χ1n) is 7.44. The Balaban J connectivity index is 1.91. The predicted molar refractivity (Wildman–Crippen MR) is 89.9 cm³/mol. The van der Waals surface area contributed by atoms with Crippen molar-refractivity contribution in [3.8, 4) is 0 Å². The van der Waals surface area contributed by atoms with Crippen molar-refractivity contribution in [2.24, 2.45) is 0 Å². The van der Waals surface area contributed by atoms with Crippen LogP contribution in [0.1, 0.15) is 34.9 Å². The molecule has 2 amide bonds. The first-order chi connectivity index (χ1) is 10.7. The van der Waals surface area contributed by atoms with Crippen LogP contribution in [0.3, 0.4) is 0 Å². The molecule has 0 saturated heterocycles. The van der Waals surface area contributed by atoms with E-state index in [0.717, 1.165) is 5.56 Å². The summed E-state index contributed by atoms with van der Waals surface area (Å²) in [5.41, 5.74) is 2.25. The van der Waals surface area contributed by atoms with Gasteiger partial charge in [-0.05, 0) is 42.3 Å². The molecular weight excluding hydrogens is 296 g/mol. The third-order valence-corrected chi connectivity index (χ3v) is 4.56. The average Bonchev–Trinajstić information content (AvgIpc) is 2.95. The van der Waals surface area contributed by atoms with Gasteiger partial charge >= 0.3 is 6.03 Å². The van der Waals surface area contributed by atoms with Crippen LogP contribution in [0.4, 0.5) is 4.79 Å². The quantitative estimate of drug-likeness (QED) is 0.733. The zero-order valence-corrected chi connectivity index (χ0v) is 13.5. The van der Waals surface area contributed by atoms with Crippen LogP contribution in [-0.4, -0.2) is 17.7 Å². The van der Waals surface area contributed by atoms with Crippen molar-refractivity contribution in [2.75, 3.05) is 6.61 Å². The Bertz CT molecular complexity index is 583. The Kier molecular flexibility index (Phi) is 6.43. The van der Waals surface area contributed by atoms with Crippen LogP contribution in [0.15, 0.2) is 41.8 Å². The van der Waals surface area contributed by atoms with Crippen molar-refractivity contribution in [3.05, 3.63) is 57.8 Å².